The zero-order chi connectivity index (χ0) is 22.6. The number of carboxylic acid groups (broad SMARTS) is 1. The highest BCUT2D eigenvalue weighted by Gasteiger charge is 2.33. The lowest BCUT2D eigenvalue weighted by Crippen LogP contribution is -2.20. The summed E-state index contributed by atoms with van der Waals surface area (Å²) >= 11 is 1.58. The fourth-order valence-corrected chi connectivity index (χ4v) is 3.09. The molecule has 31 heavy (non-hydrogen) atoms. The van der Waals surface area contributed by atoms with Crippen LogP contribution in [0.1, 0.15) is 15.9 Å². The van der Waals surface area contributed by atoms with Gasteiger partial charge in [-0.25, -0.2) is 9.59 Å². The molecule has 0 bridgehead atoms. The molecule has 0 saturated carbocycles. The Morgan fingerprint density at radius 3 is 2.23 bits per heavy atom. The average molecular weight is 543 g/mol. The van der Waals surface area contributed by atoms with Gasteiger partial charge in [0.25, 0.3) is 0 Å². The number of hydrogen-bond donors (Lipinski definition) is 3. The molecular weight excluding hydrogens is 530 g/mol. The highest BCUT2D eigenvalue weighted by molar-refractivity contribution is 14.1. The molecule has 0 saturated heterocycles. The van der Waals surface area contributed by atoms with E-state index in [0.29, 0.717) is 11.4 Å². The Labute approximate surface area is 187 Å². The number of halogens is 4. The second-order valence-corrected chi connectivity index (χ2v) is 7.27. The molecule has 0 fully saturated rings. The number of aromatic carboxylic acids is 1. The van der Waals surface area contributed by atoms with Crippen molar-refractivity contribution in [2.24, 2.45) is 0 Å². The van der Waals surface area contributed by atoms with Gasteiger partial charge < -0.3 is 20.5 Å². The quantitative estimate of drug-likeness (QED) is 0.352. The smallest absolute Gasteiger partial charge is 0.417 e. The highest BCUT2D eigenvalue weighted by Crippen LogP contribution is 2.34. The predicted octanol–water partition coefficient (Wildman–Crippen LogP) is 5.84. The summed E-state index contributed by atoms with van der Waals surface area (Å²) in [6, 6.07) is 10.2. The Hall–Kier alpha value is -3.35. The van der Waals surface area contributed by atoms with E-state index in [2.05, 4.69) is 15.6 Å². The van der Waals surface area contributed by atoms with Crippen LogP contribution in [0, 0.1) is 3.57 Å². The lowest BCUT2D eigenvalue weighted by molar-refractivity contribution is -0.138. The maximum atomic E-state index is 13.0. The van der Waals surface area contributed by atoms with E-state index in [1.807, 2.05) is 0 Å². The first kappa shape index (κ1) is 22.3. The zero-order valence-corrected chi connectivity index (χ0v) is 17.6. The second kappa shape index (κ2) is 9.20. The molecule has 0 aliphatic rings. The summed E-state index contributed by atoms with van der Waals surface area (Å²) in [5.41, 5.74) is -0.509. The summed E-state index contributed by atoms with van der Waals surface area (Å²) in [6.45, 7) is 0. The van der Waals surface area contributed by atoms with Gasteiger partial charge in [0.15, 0.2) is 0 Å². The average Bonchev–Trinajstić information content (AvgIpc) is 2.70. The first-order valence-corrected chi connectivity index (χ1v) is 9.61. The number of urea groups is 1. The van der Waals surface area contributed by atoms with E-state index in [9.17, 15) is 22.8 Å². The van der Waals surface area contributed by atoms with E-state index < -0.39 is 23.7 Å². The SMILES string of the molecule is O=C(Nc1ccc(Oc2cncc(C(=O)O)c2)cc1)Nc1ccc(I)c(C(F)(F)F)c1. The number of rotatable bonds is 5. The van der Waals surface area contributed by atoms with Crippen LogP contribution in [0.3, 0.4) is 0 Å². The van der Waals surface area contributed by atoms with Gasteiger partial charge in [0, 0.05) is 21.1 Å². The Balaban J connectivity index is 1.63. The fraction of sp³-hybridized carbons (Fsp3) is 0.0500. The normalized spacial score (nSPS) is 11.0. The summed E-state index contributed by atoms with van der Waals surface area (Å²) in [7, 11) is 0. The summed E-state index contributed by atoms with van der Waals surface area (Å²) in [5, 5.41) is 13.8. The summed E-state index contributed by atoms with van der Waals surface area (Å²) in [4.78, 5) is 26.9. The number of carbonyl (C=O) groups is 2. The predicted molar refractivity (Wildman–Crippen MR) is 115 cm³/mol. The second-order valence-electron chi connectivity index (χ2n) is 6.11. The van der Waals surface area contributed by atoms with E-state index in [1.165, 1.54) is 54.9 Å². The van der Waals surface area contributed by atoms with Crippen LogP contribution in [-0.2, 0) is 6.18 Å². The number of amides is 2. The van der Waals surface area contributed by atoms with Crippen LogP contribution in [0.25, 0.3) is 0 Å². The standard InChI is InChI=1S/C20H13F3IN3O4/c21-20(22,23)16-8-13(3-6-17(16)24)27-19(30)26-12-1-4-14(5-2-12)31-15-7-11(18(28)29)9-25-10-15/h1-10H,(H,28,29)(H2,26,27,30). The third kappa shape index (κ3) is 6.07. The maximum absolute atomic E-state index is 13.0. The van der Waals surface area contributed by atoms with E-state index >= 15 is 0 Å². The van der Waals surface area contributed by atoms with Crippen molar-refractivity contribution < 1.29 is 32.6 Å². The Bertz CT molecular complexity index is 1120. The molecule has 3 N–H and O–H groups in total. The fourth-order valence-electron chi connectivity index (χ4n) is 2.45. The number of hydrogen-bond acceptors (Lipinski definition) is 4. The minimum atomic E-state index is -4.53. The molecule has 160 valence electrons. The van der Waals surface area contributed by atoms with Crippen molar-refractivity contribution in [3.05, 3.63) is 75.6 Å². The van der Waals surface area contributed by atoms with Gasteiger partial charge in [0.1, 0.15) is 11.5 Å². The van der Waals surface area contributed by atoms with Gasteiger partial charge >= 0.3 is 18.2 Å². The first-order valence-electron chi connectivity index (χ1n) is 8.53. The molecule has 11 heteroatoms. The highest BCUT2D eigenvalue weighted by atomic mass is 127. The Kier molecular flexibility index (Phi) is 6.63. The number of carboxylic acids is 1. The lowest BCUT2D eigenvalue weighted by atomic mass is 10.2. The molecule has 1 aromatic heterocycles. The van der Waals surface area contributed by atoms with E-state index in [4.69, 9.17) is 9.84 Å². The number of ether oxygens (including phenoxy) is 1. The van der Waals surface area contributed by atoms with Gasteiger partial charge in [-0.2, -0.15) is 13.2 Å². The van der Waals surface area contributed by atoms with Gasteiger partial charge in [0.2, 0.25) is 0 Å². The minimum absolute atomic E-state index is 0.00370. The molecule has 0 spiro atoms. The van der Waals surface area contributed by atoms with Gasteiger partial charge in [-0.05, 0) is 71.1 Å². The number of aromatic nitrogens is 1. The van der Waals surface area contributed by atoms with Crippen molar-refractivity contribution in [1.82, 2.24) is 4.98 Å². The largest absolute Gasteiger partial charge is 0.478 e. The summed E-state index contributed by atoms with van der Waals surface area (Å²) in [6.07, 6.45) is -1.99. The van der Waals surface area contributed by atoms with Crippen molar-refractivity contribution in [2.45, 2.75) is 6.18 Å². The third-order valence-corrected chi connectivity index (χ3v) is 4.78. The molecule has 2 amide bonds. The number of benzene rings is 2. The van der Waals surface area contributed by atoms with Crippen LogP contribution in [0.5, 0.6) is 11.5 Å². The number of alkyl halides is 3. The van der Waals surface area contributed by atoms with Crippen LogP contribution in [0.4, 0.5) is 29.3 Å². The lowest BCUT2D eigenvalue weighted by Gasteiger charge is -2.13. The molecule has 0 radical (unpaired) electrons. The van der Waals surface area contributed by atoms with Crippen molar-refractivity contribution >= 4 is 46.0 Å². The van der Waals surface area contributed by atoms with Crippen molar-refractivity contribution in [2.75, 3.05) is 10.6 Å². The van der Waals surface area contributed by atoms with Crippen LogP contribution in [0.2, 0.25) is 0 Å². The van der Waals surface area contributed by atoms with E-state index in [1.54, 1.807) is 22.6 Å². The monoisotopic (exact) mass is 543 g/mol. The number of nitrogens with zero attached hydrogens (tertiary/aromatic N) is 1. The molecule has 0 atom stereocenters. The number of carbonyl (C=O) groups excluding carboxylic acids is 1. The number of anilines is 2. The Morgan fingerprint density at radius 1 is 0.935 bits per heavy atom. The molecule has 1 heterocycles. The van der Waals surface area contributed by atoms with Crippen LogP contribution in [-0.4, -0.2) is 22.1 Å². The van der Waals surface area contributed by atoms with Gasteiger partial charge in [0.05, 0.1) is 17.3 Å². The molecule has 0 aliphatic heterocycles. The third-order valence-electron chi connectivity index (χ3n) is 3.84. The van der Waals surface area contributed by atoms with Crippen molar-refractivity contribution in [1.29, 1.82) is 0 Å². The Morgan fingerprint density at radius 2 is 1.58 bits per heavy atom. The van der Waals surface area contributed by atoms with Crippen LogP contribution < -0.4 is 15.4 Å². The molecule has 2 aromatic carbocycles. The molecule has 3 aromatic rings. The maximum Gasteiger partial charge on any atom is 0.417 e. The van der Waals surface area contributed by atoms with Crippen molar-refractivity contribution in [3.63, 3.8) is 0 Å². The van der Waals surface area contributed by atoms with Gasteiger partial charge in [-0.3, -0.25) is 4.98 Å². The molecule has 0 aliphatic carbocycles. The van der Waals surface area contributed by atoms with E-state index in [0.717, 1.165) is 6.07 Å². The molecule has 7 nitrogen and oxygen atoms in total. The van der Waals surface area contributed by atoms with Gasteiger partial charge in [-0.1, -0.05) is 0 Å². The van der Waals surface area contributed by atoms with Crippen LogP contribution >= 0.6 is 22.6 Å². The van der Waals surface area contributed by atoms with Gasteiger partial charge in [-0.15, -0.1) is 0 Å². The topological polar surface area (TPSA) is 101 Å². The number of pyridine rings is 1. The summed E-state index contributed by atoms with van der Waals surface area (Å²) < 4.78 is 44.5. The minimum Gasteiger partial charge on any atom is -0.478 e. The molecule has 3 rings (SSSR count). The molecular formula is C20H13F3IN3O4. The molecule has 0 unspecified atom stereocenters. The number of nitrogens with one attached hydrogen (secondary N) is 2. The first-order chi connectivity index (χ1) is 14.6. The van der Waals surface area contributed by atoms with E-state index in [-0.39, 0.29) is 20.6 Å². The zero-order valence-electron chi connectivity index (χ0n) is 15.4. The van der Waals surface area contributed by atoms with Crippen molar-refractivity contribution in [3.8, 4) is 11.5 Å². The summed E-state index contributed by atoms with van der Waals surface area (Å²) in [5.74, 6) is -0.556. The van der Waals surface area contributed by atoms with Crippen LogP contribution in [0.15, 0.2) is 60.9 Å².